The average Bonchev–Trinajstić information content (AvgIpc) is 2.72. The van der Waals surface area contributed by atoms with E-state index in [1.807, 2.05) is 62.6 Å². The van der Waals surface area contributed by atoms with Crippen molar-refractivity contribution in [2.75, 3.05) is 46.7 Å². The Morgan fingerprint density at radius 2 is 1.79 bits per heavy atom. The normalized spacial score (nSPS) is 11.4. The molecule has 0 aliphatic rings. The van der Waals surface area contributed by atoms with E-state index in [1.165, 1.54) is 0 Å². The van der Waals surface area contributed by atoms with Gasteiger partial charge in [0.2, 0.25) is 0 Å². The topological polar surface area (TPSA) is 59.5 Å². The highest BCUT2D eigenvalue weighted by Gasteiger charge is 2.08. The van der Waals surface area contributed by atoms with Crippen molar-refractivity contribution in [3.8, 4) is 11.5 Å². The Kier molecular flexibility index (Phi) is 6.90. The lowest BCUT2D eigenvalue weighted by Crippen LogP contribution is -2.21. The zero-order valence-corrected chi connectivity index (χ0v) is 17.8. The number of fused-ring (bicyclic) bond motifs is 1. The number of hydrogen-bond donors (Lipinski definition) is 1. The summed E-state index contributed by atoms with van der Waals surface area (Å²) in [6, 6.07) is 11.4. The van der Waals surface area contributed by atoms with E-state index < -0.39 is 0 Å². The van der Waals surface area contributed by atoms with E-state index in [-0.39, 0.29) is 0 Å². The summed E-state index contributed by atoms with van der Waals surface area (Å²) in [5.74, 6) is 2.75. The summed E-state index contributed by atoms with van der Waals surface area (Å²) in [5, 5.41) is 4.96. The Morgan fingerprint density at radius 1 is 1.00 bits per heavy atom. The van der Waals surface area contributed by atoms with Crippen LogP contribution in [0.4, 0.5) is 5.82 Å². The Morgan fingerprint density at radius 3 is 2.52 bits per heavy atom. The third-order valence-electron chi connectivity index (χ3n) is 4.36. The summed E-state index contributed by atoms with van der Waals surface area (Å²) < 4.78 is 10.6. The maximum Gasteiger partial charge on any atom is 0.161 e. The molecule has 0 aliphatic heterocycles. The molecule has 3 aromatic rings. The molecule has 1 N–H and O–H groups in total. The van der Waals surface area contributed by atoms with E-state index in [0.29, 0.717) is 22.3 Å². The average molecular weight is 413 g/mol. The van der Waals surface area contributed by atoms with Gasteiger partial charge in [-0.05, 0) is 56.1 Å². The smallest absolute Gasteiger partial charge is 0.161 e. The van der Waals surface area contributed by atoms with Crippen LogP contribution >= 0.6 is 11.6 Å². The van der Waals surface area contributed by atoms with Crippen LogP contribution in [0.15, 0.2) is 36.4 Å². The first kappa shape index (κ1) is 20.9. The van der Waals surface area contributed by atoms with Crippen LogP contribution in [-0.2, 0) is 0 Å². The fraction of sp³-hybridized carbons (Fsp3) is 0.273. The number of likely N-dealkylation sites (N-methyl/N-ethyl adjacent to an activating group) is 1. The largest absolute Gasteiger partial charge is 0.493 e. The number of benzene rings is 2. The van der Waals surface area contributed by atoms with Crippen molar-refractivity contribution in [3.63, 3.8) is 0 Å². The predicted octanol–water partition coefficient (Wildman–Crippen LogP) is 4.44. The van der Waals surface area contributed by atoms with E-state index >= 15 is 0 Å². The molecule has 0 spiro atoms. The first-order valence-corrected chi connectivity index (χ1v) is 9.64. The van der Waals surface area contributed by atoms with Crippen LogP contribution in [0, 0.1) is 0 Å². The van der Waals surface area contributed by atoms with Crippen molar-refractivity contribution in [3.05, 3.63) is 52.8 Å². The number of nitrogens with one attached hydrogen (secondary N) is 1. The van der Waals surface area contributed by atoms with Crippen molar-refractivity contribution in [1.82, 2.24) is 14.9 Å². The first-order valence-electron chi connectivity index (χ1n) is 9.26. The van der Waals surface area contributed by atoms with E-state index in [1.54, 1.807) is 14.2 Å². The molecule has 152 valence electrons. The van der Waals surface area contributed by atoms with Gasteiger partial charge in [-0.1, -0.05) is 23.7 Å². The van der Waals surface area contributed by atoms with E-state index in [9.17, 15) is 0 Å². The van der Waals surface area contributed by atoms with Gasteiger partial charge in [0, 0.05) is 23.5 Å². The van der Waals surface area contributed by atoms with E-state index in [4.69, 9.17) is 21.1 Å². The third-order valence-corrected chi connectivity index (χ3v) is 4.59. The maximum absolute atomic E-state index is 6.18. The van der Waals surface area contributed by atoms with Gasteiger partial charge in [-0.15, -0.1) is 0 Å². The number of ether oxygens (including phenoxy) is 2. The molecule has 6 nitrogen and oxygen atoms in total. The fourth-order valence-corrected chi connectivity index (χ4v) is 3.03. The van der Waals surface area contributed by atoms with Gasteiger partial charge in [0.05, 0.1) is 19.7 Å². The van der Waals surface area contributed by atoms with Gasteiger partial charge in [0.25, 0.3) is 0 Å². The second-order valence-electron chi connectivity index (χ2n) is 6.77. The van der Waals surface area contributed by atoms with Gasteiger partial charge in [-0.25, -0.2) is 9.97 Å². The van der Waals surface area contributed by atoms with Gasteiger partial charge in [0.1, 0.15) is 5.82 Å². The highest BCUT2D eigenvalue weighted by Crippen LogP contribution is 2.28. The molecule has 29 heavy (non-hydrogen) atoms. The zero-order chi connectivity index (χ0) is 20.8. The number of aromatic nitrogens is 2. The van der Waals surface area contributed by atoms with Gasteiger partial charge >= 0.3 is 0 Å². The second kappa shape index (κ2) is 9.58. The van der Waals surface area contributed by atoms with Crippen molar-refractivity contribution in [1.29, 1.82) is 0 Å². The van der Waals surface area contributed by atoms with Crippen molar-refractivity contribution in [2.24, 2.45) is 0 Å². The highest BCUT2D eigenvalue weighted by atomic mass is 35.5. The number of hydrogen-bond acceptors (Lipinski definition) is 6. The standard InChI is InChI=1S/C22H25ClN4O2/c1-27(2)12-11-24-22-17-14-16(23)7-8-18(17)25-21(26-22)10-6-15-5-9-19(28-3)20(13-15)29-4/h5-10,13-14H,11-12H2,1-4H3,(H,24,25,26)/b10-6+. The van der Waals surface area contributed by atoms with Gasteiger partial charge in [0.15, 0.2) is 17.3 Å². The van der Waals surface area contributed by atoms with Crippen LogP contribution in [0.25, 0.3) is 23.1 Å². The molecule has 0 aliphatic carbocycles. The van der Waals surface area contributed by atoms with Crippen molar-refractivity contribution in [2.45, 2.75) is 0 Å². The van der Waals surface area contributed by atoms with Gasteiger partial charge < -0.3 is 19.7 Å². The lowest BCUT2D eigenvalue weighted by molar-refractivity contribution is 0.355. The Bertz CT molecular complexity index is 1020. The molecule has 0 amide bonds. The van der Waals surface area contributed by atoms with Gasteiger partial charge in [-0.3, -0.25) is 0 Å². The number of rotatable bonds is 8. The maximum atomic E-state index is 6.18. The van der Waals surface area contributed by atoms with Gasteiger partial charge in [-0.2, -0.15) is 0 Å². The van der Waals surface area contributed by atoms with Crippen LogP contribution in [-0.4, -0.2) is 56.3 Å². The molecule has 1 aromatic heterocycles. The highest BCUT2D eigenvalue weighted by molar-refractivity contribution is 6.31. The van der Waals surface area contributed by atoms with Crippen LogP contribution in [0.3, 0.4) is 0 Å². The van der Waals surface area contributed by atoms with Crippen molar-refractivity contribution < 1.29 is 9.47 Å². The van der Waals surface area contributed by atoms with E-state index in [0.717, 1.165) is 35.4 Å². The lowest BCUT2D eigenvalue weighted by Gasteiger charge is -2.13. The fourth-order valence-electron chi connectivity index (χ4n) is 2.85. The first-order chi connectivity index (χ1) is 14.0. The summed E-state index contributed by atoms with van der Waals surface area (Å²) in [6.45, 7) is 1.66. The third kappa shape index (κ3) is 5.37. The summed E-state index contributed by atoms with van der Waals surface area (Å²) in [4.78, 5) is 11.4. The van der Waals surface area contributed by atoms with Crippen LogP contribution < -0.4 is 14.8 Å². The SMILES string of the molecule is COc1ccc(/C=C/c2nc(NCCN(C)C)c3cc(Cl)ccc3n2)cc1OC. The minimum absolute atomic E-state index is 0.613. The molecule has 1 heterocycles. The molecular formula is C22H25ClN4O2. The molecule has 0 unspecified atom stereocenters. The summed E-state index contributed by atoms with van der Waals surface area (Å²) in [7, 11) is 7.31. The van der Waals surface area contributed by atoms with Crippen LogP contribution in [0.2, 0.25) is 5.02 Å². The quantitative estimate of drug-likeness (QED) is 0.590. The van der Waals surface area contributed by atoms with Crippen LogP contribution in [0.5, 0.6) is 11.5 Å². The van der Waals surface area contributed by atoms with Crippen LogP contribution in [0.1, 0.15) is 11.4 Å². The molecule has 0 radical (unpaired) electrons. The summed E-state index contributed by atoms with van der Waals surface area (Å²) in [6.07, 6.45) is 3.83. The molecule has 0 bridgehead atoms. The molecule has 0 atom stereocenters. The number of anilines is 1. The molecule has 2 aromatic carbocycles. The number of methoxy groups -OCH3 is 2. The Labute approximate surface area is 176 Å². The molecule has 0 fully saturated rings. The molecular weight excluding hydrogens is 388 g/mol. The minimum Gasteiger partial charge on any atom is -0.493 e. The summed E-state index contributed by atoms with van der Waals surface area (Å²) >= 11 is 6.18. The molecule has 0 saturated heterocycles. The number of halogens is 1. The predicted molar refractivity (Wildman–Crippen MR) is 120 cm³/mol. The van der Waals surface area contributed by atoms with Crippen molar-refractivity contribution >= 4 is 40.5 Å². The second-order valence-corrected chi connectivity index (χ2v) is 7.21. The number of nitrogens with zero attached hydrogens (tertiary/aromatic N) is 3. The molecule has 7 heteroatoms. The Balaban J connectivity index is 1.92. The van der Waals surface area contributed by atoms with E-state index in [2.05, 4.69) is 20.2 Å². The monoisotopic (exact) mass is 412 g/mol. The molecule has 0 saturated carbocycles. The minimum atomic E-state index is 0.613. The zero-order valence-electron chi connectivity index (χ0n) is 17.1. The lowest BCUT2D eigenvalue weighted by atomic mass is 10.2. The summed E-state index contributed by atoms with van der Waals surface area (Å²) in [5.41, 5.74) is 1.80. The molecule has 3 rings (SSSR count). The Hall–Kier alpha value is -2.83.